The molecule has 0 N–H and O–H groups in total. The Hall–Kier alpha value is -2.07. The van der Waals surface area contributed by atoms with Gasteiger partial charge in [0.05, 0.1) is 6.42 Å². The van der Waals surface area contributed by atoms with Crippen molar-refractivity contribution in [3.05, 3.63) is 48.0 Å². The van der Waals surface area contributed by atoms with Crippen molar-refractivity contribution in [3.8, 4) is 12.3 Å². The van der Waals surface area contributed by atoms with Crippen molar-refractivity contribution in [1.29, 1.82) is 0 Å². The standard InChI is InChI=1S/C14H10O/c1-2-6-14(15)13-10-5-8-11-7-3-4-9-12(11)13/h1,3-5,7-10H,6H2. The molecule has 0 saturated carbocycles. The van der Waals surface area contributed by atoms with E-state index in [0.29, 0.717) is 5.56 Å². The third-order valence-electron chi connectivity index (χ3n) is 2.35. The number of hydrogen-bond acceptors (Lipinski definition) is 1. The minimum atomic E-state index is 0.00861. The number of carbonyl (C=O) groups is 1. The minimum Gasteiger partial charge on any atom is -0.293 e. The van der Waals surface area contributed by atoms with Crippen LogP contribution < -0.4 is 0 Å². The molecule has 2 aromatic rings. The van der Waals surface area contributed by atoms with Crippen molar-refractivity contribution in [2.24, 2.45) is 0 Å². The summed E-state index contributed by atoms with van der Waals surface area (Å²) in [5, 5.41) is 2.04. The van der Waals surface area contributed by atoms with Crippen LogP contribution in [0.1, 0.15) is 16.8 Å². The van der Waals surface area contributed by atoms with E-state index < -0.39 is 0 Å². The Kier molecular flexibility index (Phi) is 2.51. The van der Waals surface area contributed by atoms with Crippen LogP contribution in [-0.2, 0) is 0 Å². The first-order valence-corrected chi connectivity index (χ1v) is 4.77. The monoisotopic (exact) mass is 194 g/mol. The molecule has 0 saturated heterocycles. The second kappa shape index (κ2) is 3.98. The van der Waals surface area contributed by atoms with E-state index in [2.05, 4.69) is 5.92 Å². The van der Waals surface area contributed by atoms with Gasteiger partial charge in [0.1, 0.15) is 0 Å². The maximum absolute atomic E-state index is 11.7. The van der Waals surface area contributed by atoms with E-state index in [1.54, 1.807) is 0 Å². The fourth-order valence-electron chi connectivity index (χ4n) is 1.66. The molecule has 0 fully saturated rings. The Labute approximate surface area is 88.7 Å². The Balaban J connectivity index is 2.62. The lowest BCUT2D eigenvalue weighted by Crippen LogP contribution is -1.97. The molecule has 0 aliphatic rings. The molecule has 2 rings (SSSR count). The van der Waals surface area contributed by atoms with Crippen LogP contribution in [-0.4, -0.2) is 5.78 Å². The number of fused-ring (bicyclic) bond motifs is 1. The van der Waals surface area contributed by atoms with Gasteiger partial charge in [-0.2, -0.15) is 0 Å². The molecular weight excluding hydrogens is 184 g/mol. The molecule has 0 spiro atoms. The quantitative estimate of drug-likeness (QED) is 0.530. The van der Waals surface area contributed by atoms with Gasteiger partial charge in [0.25, 0.3) is 0 Å². The molecule has 2 aromatic carbocycles. The van der Waals surface area contributed by atoms with Crippen LogP contribution in [0.5, 0.6) is 0 Å². The van der Waals surface area contributed by atoms with Gasteiger partial charge in [0, 0.05) is 5.56 Å². The largest absolute Gasteiger partial charge is 0.293 e. The van der Waals surface area contributed by atoms with Crippen LogP contribution in [0.3, 0.4) is 0 Å². The second-order valence-corrected chi connectivity index (χ2v) is 3.33. The molecule has 0 atom stereocenters. The Morgan fingerprint density at radius 1 is 1.13 bits per heavy atom. The van der Waals surface area contributed by atoms with E-state index in [-0.39, 0.29) is 12.2 Å². The van der Waals surface area contributed by atoms with E-state index >= 15 is 0 Å². The van der Waals surface area contributed by atoms with Gasteiger partial charge in [0.2, 0.25) is 0 Å². The van der Waals surface area contributed by atoms with Gasteiger partial charge in [-0.05, 0) is 10.8 Å². The lowest BCUT2D eigenvalue weighted by molar-refractivity contribution is 0.1000. The smallest absolute Gasteiger partial charge is 0.175 e. The minimum absolute atomic E-state index is 0.00861. The summed E-state index contributed by atoms with van der Waals surface area (Å²) in [5.41, 5.74) is 0.714. The molecule has 0 radical (unpaired) electrons. The predicted molar refractivity (Wildman–Crippen MR) is 61.7 cm³/mol. The molecule has 0 heterocycles. The number of ketones is 1. The third-order valence-corrected chi connectivity index (χ3v) is 2.35. The highest BCUT2D eigenvalue weighted by molar-refractivity contribution is 6.08. The highest BCUT2D eigenvalue weighted by atomic mass is 16.1. The Bertz CT molecular complexity index is 541. The SMILES string of the molecule is C#CCC(=O)c1cccc2ccccc12. The number of terminal acetylenes is 1. The molecule has 0 aromatic heterocycles. The summed E-state index contributed by atoms with van der Waals surface area (Å²) in [6, 6.07) is 13.5. The molecule has 0 unspecified atom stereocenters. The summed E-state index contributed by atoms with van der Waals surface area (Å²) in [6.45, 7) is 0. The van der Waals surface area contributed by atoms with Crippen molar-refractivity contribution in [3.63, 3.8) is 0 Å². The zero-order chi connectivity index (χ0) is 10.7. The second-order valence-electron chi connectivity index (χ2n) is 3.33. The van der Waals surface area contributed by atoms with E-state index in [4.69, 9.17) is 6.42 Å². The van der Waals surface area contributed by atoms with Gasteiger partial charge in [-0.3, -0.25) is 4.79 Å². The van der Waals surface area contributed by atoms with Crippen molar-refractivity contribution in [2.45, 2.75) is 6.42 Å². The zero-order valence-electron chi connectivity index (χ0n) is 8.23. The van der Waals surface area contributed by atoms with Crippen LogP contribution in [0.2, 0.25) is 0 Å². The number of benzene rings is 2. The van der Waals surface area contributed by atoms with E-state index in [9.17, 15) is 4.79 Å². The number of carbonyl (C=O) groups excluding carboxylic acids is 1. The normalized spacial score (nSPS) is 9.80. The van der Waals surface area contributed by atoms with E-state index in [1.807, 2.05) is 42.5 Å². The highest BCUT2D eigenvalue weighted by Crippen LogP contribution is 2.19. The summed E-state index contributed by atoms with van der Waals surface area (Å²) in [4.78, 5) is 11.7. The fraction of sp³-hybridized carbons (Fsp3) is 0.0714. The van der Waals surface area contributed by atoms with Gasteiger partial charge in [-0.25, -0.2) is 0 Å². The summed E-state index contributed by atoms with van der Waals surface area (Å²) >= 11 is 0. The van der Waals surface area contributed by atoms with Crippen molar-refractivity contribution in [2.75, 3.05) is 0 Å². The molecule has 1 nitrogen and oxygen atoms in total. The van der Waals surface area contributed by atoms with Crippen LogP contribution in [0.25, 0.3) is 10.8 Å². The van der Waals surface area contributed by atoms with E-state index in [0.717, 1.165) is 10.8 Å². The number of rotatable bonds is 2. The first-order valence-electron chi connectivity index (χ1n) is 4.77. The summed E-state index contributed by atoms with van der Waals surface area (Å²) in [6.07, 6.45) is 5.30. The molecule has 0 amide bonds. The first-order chi connectivity index (χ1) is 7.33. The van der Waals surface area contributed by atoms with Gasteiger partial charge >= 0.3 is 0 Å². The average Bonchev–Trinajstić information content (AvgIpc) is 2.28. The van der Waals surface area contributed by atoms with Crippen LogP contribution in [0, 0.1) is 12.3 Å². The lowest BCUT2D eigenvalue weighted by atomic mass is 10.0. The van der Waals surface area contributed by atoms with Crippen molar-refractivity contribution in [1.82, 2.24) is 0 Å². The fourth-order valence-corrected chi connectivity index (χ4v) is 1.66. The molecule has 0 bridgehead atoms. The van der Waals surface area contributed by atoms with Crippen LogP contribution in [0.15, 0.2) is 42.5 Å². The number of hydrogen-bond donors (Lipinski definition) is 0. The lowest BCUT2D eigenvalue weighted by Gasteiger charge is -2.03. The molecule has 15 heavy (non-hydrogen) atoms. The molecule has 0 aliphatic carbocycles. The van der Waals surface area contributed by atoms with E-state index in [1.165, 1.54) is 0 Å². The predicted octanol–water partition coefficient (Wildman–Crippen LogP) is 3.05. The van der Waals surface area contributed by atoms with Crippen molar-refractivity contribution < 1.29 is 4.79 Å². The maximum atomic E-state index is 11.7. The highest BCUT2D eigenvalue weighted by Gasteiger charge is 2.07. The van der Waals surface area contributed by atoms with Crippen LogP contribution >= 0.6 is 0 Å². The van der Waals surface area contributed by atoms with Gasteiger partial charge < -0.3 is 0 Å². The summed E-state index contributed by atoms with van der Waals surface area (Å²) in [5.74, 6) is 2.39. The van der Waals surface area contributed by atoms with Gasteiger partial charge in [-0.15, -0.1) is 6.42 Å². The third kappa shape index (κ3) is 1.75. The zero-order valence-corrected chi connectivity index (χ0v) is 8.23. The number of Topliss-reactive ketones (excluding diaryl/α,β-unsaturated/α-hetero) is 1. The van der Waals surface area contributed by atoms with Gasteiger partial charge in [0.15, 0.2) is 5.78 Å². The maximum Gasteiger partial charge on any atom is 0.175 e. The first kappa shape index (κ1) is 9.48. The molecule has 0 aliphatic heterocycles. The molecule has 72 valence electrons. The molecular formula is C14H10O. The van der Waals surface area contributed by atoms with Crippen LogP contribution in [0.4, 0.5) is 0 Å². The topological polar surface area (TPSA) is 17.1 Å². The summed E-state index contributed by atoms with van der Waals surface area (Å²) < 4.78 is 0. The van der Waals surface area contributed by atoms with Crippen molar-refractivity contribution >= 4 is 16.6 Å². The summed E-state index contributed by atoms with van der Waals surface area (Å²) in [7, 11) is 0. The molecule has 1 heteroatoms. The average molecular weight is 194 g/mol. The Morgan fingerprint density at radius 2 is 1.87 bits per heavy atom. The van der Waals surface area contributed by atoms with Gasteiger partial charge in [-0.1, -0.05) is 48.4 Å². The Morgan fingerprint density at radius 3 is 2.67 bits per heavy atom.